The number of benzene rings is 1. The first-order chi connectivity index (χ1) is 11.8. The molecule has 1 saturated heterocycles. The van der Waals surface area contributed by atoms with Crippen LogP contribution in [-0.4, -0.2) is 30.2 Å². The second-order valence-corrected chi connectivity index (χ2v) is 6.54. The van der Waals surface area contributed by atoms with Crippen molar-refractivity contribution in [2.24, 2.45) is 0 Å². The van der Waals surface area contributed by atoms with Gasteiger partial charge in [0.05, 0.1) is 23.0 Å². The van der Waals surface area contributed by atoms with Gasteiger partial charge in [-0.3, -0.25) is 4.79 Å². The summed E-state index contributed by atoms with van der Waals surface area (Å²) in [5, 5.41) is 4.90. The topological polar surface area (TPSA) is 60.5 Å². The molecular formula is C18H22N2O3S. The molecule has 3 rings (SSSR count). The molecule has 1 aliphatic rings. The third kappa shape index (κ3) is 5.04. The van der Waals surface area contributed by atoms with E-state index >= 15 is 0 Å². The summed E-state index contributed by atoms with van der Waals surface area (Å²) >= 11 is 1.54. The van der Waals surface area contributed by atoms with E-state index in [9.17, 15) is 4.79 Å². The normalized spacial score (nSPS) is 17.4. The van der Waals surface area contributed by atoms with Crippen LogP contribution in [-0.2, 0) is 16.0 Å². The standard InChI is InChI=1S/C18H22N2O3S/c21-18(9-8-14-12-24-13-19-14)20-16-6-1-2-7-17(16)23-11-15-5-3-4-10-22-15/h1-2,6-7,12-13,15H,3-5,8-11H2,(H,20,21)/t15-/m0/s1. The van der Waals surface area contributed by atoms with E-state index < -0.39 is 0 Å². The van der Waals surface area contributed by atoms with Crippen molar-refractivity contribution >= 4 is 22.9 Å². The lowest BCUT2D eigenvalue weighted by atomic mass is 10.1. The first-order valence-corrected chi connectivity index (χ1v) is 9.26. The summed E-state index contributed by atoms with van der Waals surface area (Å²) in [6.07, 6.45) is 4.54. The number of amides is 1. The number of ether oxygens (including phenoxy) is 2. The van der Waals surface area contributed by atoms with Crippen LogP contribution in [0.15, 0.2) is 35.2 Å². The molecule has 0 bridgehead atoms. The van der Waals surface area contributed by atoms with Crippen LogP contribution in [0.25, 0.3) is 0 Å². The zero-order chi connectivity index (χ0) is 16.6. The number of nitrogens with one attached hydrogen (secondary N) is 1. The molecule has 1 aromatic carbocycles. The number of carbonyl (C=O) groups is 1. The summed E-state index contributed by atoms with van der Waals surface area (Å²) in [5.74, 6) is 0.654. The number of thiazole rings is 1. The fourth-order valence-electron chi connectivity index (χ4n) is 2.63. The van der Waals surface area contributed by atoms with Crippen LogP contribution in [0.4, 0.5) is 5.69 Å². The molecule has 1 aromatic heterocycles. The van der Waals surface area contributed by atoms with Gasteiger partial charge >= 0.3 is 0 Å². The maximum absolute atomic E-state index is 12.2. The summed E-state index contributed by atoms with van der Waals surface area (Å²) in [6, 6.07) is 7.53. The molecule has 0 radical (unpaired) electrons. The zero-order valence-electron chi connectivity index (χ0n) is 13.6. The second-order valence-electron chi connectivity index (χ2n) is 5.82. The largest absolute Gasteiger partial charge is 0.489 e. The molecule has 1 amide bonds. The molecule has 24 heavy (non-hydrogen) atoms. The van der Waals surface area contributed by atoms with E-state index in [1.165, 1.54) is 6.42 Å². The van der Waals surface area contributed by atoms with Gasteiger partial charge in [0.1, 0.15) is 12.4 Å². The molecule has 0 unspecified atom stereocenters. The summed E-state index contributed by atoms with van der Waals surface area (Å²) in [6.45, 7) is 1.33. The van der Waals surface area contributed by atoms with E-state index in [0.29, 0.717) is 30.9 Å². The fraction of sp³-hybridized carbons (Fsp3) is 0.444. The summed E-state index contributed by atoms with van der Waals surface area (Å²) in [7, 11) is 0. The number of hydrogen-bond acceptors (Lipinski definition) is 5. The van der Waals surface area contributed by atoms with Gasteiger partial charge in [-0.25, -0.2) is 4.98 Å². The highest BCUT2D eigenvalue weighted by Gasteiger charge is 2.15. The molecule has 1 aliphatic heterocycles. The minimum absolute atomic E-state index is 0.0343. The summed E-state index contributed by atoms with van der Waals surface area (Å²) < 4.78 is 11.6. The highest BCUT2D eigenvalue weighted by atomic mass is 32.1. The maximum atomic E-state index is 12.2. The molecule has 6 heteroatoms. The monoisotopic (exact) mass is 346 g/mol. The molecule has 2 aromatic rings. The molecule has 0 saturated carbocycles. The number of para-hydroxylation sites is 2. The Kier molecular flexibility index (Phi) is 6.20. The predicted molar refractivity (Wildman–Crippen MR) is 94.6 cm³/mol. The van der Waals surface area contributed by atoms with E-state index in [1.54, 1.807) is 16.8 Å². The van der Waals surface area contributed by atoms with Crippen molar-refractivity contribution in [3.63, 3.8) is 0 Å². The molecule has 1 fully saturated rings. The number of hydrogen-bond donors (Lipinski definition) is 1. The van der Waals surface area contributed by atoms with Crippen molar-refractivity contribution in [2.75, 3.05) is 18.5 Å². The van der Waals surface area contributed by atoms with Crippen molar-refractivity contribution < 1.29 is 14.3 Å². The molecule has 5 nitrogen and oxygen atoms in total. The molecule has 0 aliphatic carbocycles. The average molecular weight is 346 g/mol. The minimum Gasteiger partial charge on any atom is -0.489 e. The van der Waals surface area contributed by atoms with Crippen LogP contribution in [0.2, 0.25) is 0 Å². The number of rotatable bonds is 7. The molecule has 1 atom stereocenters. The Hall–Kier alpha value is -1.92. The van der Waals surface area contributed by atoms with Gasteiger partial charge in [-0.05, 0) is 37.8 Å². The number of anilines is 1. The Bertz CT molecular complexity index is 639. The van der Waals surface area contributed by atoms with Gasteiger partial charge in [0.15, 0.2) is 0 Å². The van der Waals surface area contributed by atoms with Gasteiger partial charge in [-0.1, -0.05) is 12.1 Å². The smallest absolute Gasteiger partial charge is 0.224 e. The van der Waals surface area contributed by atoms with Gasteiger partial charge in [0, 0.05) is 18.4 Å². The van der Waals surface area contributed by atoms with Gasteiger partial charge < -0.3 is 14.8 Å². The van der Waals surface area contributed by atoms with Crippen LogP contribution in [0.5, 0.6) is 5.75 Å². The van der Waals surface area contributed by atoms with E-state index in [0.717, 1.165) is 25.1 Å². The van der Waals surface area contributed by atoms with Crippen molar-refractivity contribution in [3.8, 4) is 5.75 Å². The van der Waals surface area contributed by atoms with Gasteiger partial charge in [0.25, 0.3) is 0 Å². The first kappa shape index (κ1) is 16.9. The van der Waals surface area contributed by atoms with Gasteiger partial charge in [-0.15, -0.1) is 11.3 Å². The van der Waals surface area contributed by atoms with Crippen LogP contribution < -0.4 is 10.1 Å². The Morgan fingerprint density at radius 3 is 3.08 bits per heavy atom. The molecule has 128 valence electrons. The van der Waals surface area contributed by atoms with Crippen LogP contribution in [0.1, 0.15) is 31.4 Å². The molecule has 1 N–H and O–H groups in total. The number of nitrogens with zero attached hydrogens (tertiary/aromatic N) is 1. The third-order valence-electron chi connectivity index (χ3n) is 3.95. The van der Waals surface area contributed by atoms with Crippen LogP contribution in [0, 0.1) is 0 Å². The summed E-state index contributed by atoms with van der Waals surface area (Å²) in [5.41, 5.74) is 3.44. The van der Waals surface area contributed by atoms with E-state index in [4.69, 9.17) is 9.47 Å². The van der Waals surface area contributed by atoms with Crippen molar-refractivity contribution in [2.45, 2.75) is 38.2 Å². The van der Waals surface area contributed by atoms with Crippen molar-refractivity contribution in [1.29, 1.82) is 0 Å². The van der Waals surface area contributed by atoms with E-state index in [2.05, 4.69) is 10.3 Å². The number of aromatic nitrogens is 1. The lowest BCUT2D eigenvalue weighted by Crippen LogP contribution is -2.26. The van der Waals surface area contributed by atoms with Crippen molar-refractivity contribution in [3.05, 3.63) is 40.8 Å². The lowest BCUT2D eigenvalue weighted by molar-refractivity contribution is -0.116. The van der Waals surface area contributed by atoms with Crippen LogP contribution >= 0.6 is 11.3 Å². The van der Waals surface area contributed by atoms with Gasteiger partial charge in [-0.2, -0.15) is 0 Å². The predicted octanol–water partition coefficient (Wildman–Crippen LogP) is 3.66. The highest BCUT2D eigenvalue weighted by molar-refractivity contribution is 7.07. The van der Waals surface area contributed by atoms with E-state index in [1.807, 2.05) is 29.6 Å². The number of carbonyl (C=O) groups excluding carboxylic acids is 1. The third-order valence-corrected chi connectivity index (χ3v) is 4.59. The van der Waals surface area contributed by atoms with Crippen molar-refractivity contribution in [1.82, 2.24) is 4.98 Å². The highest BCUT2D eigenvalue weighted by Crippen LogP contribution is 2.25. The second kappa shape index (κ2) is 8.80. The zero-order valence-corrected chi connectivity index (χ0v) is 14.4. The molecule has 2 heterocycles. The SMILES string of the molecule is O=C(CCc1cscn1)Nc1ccccc1OC[C@@H]1CCCCO1. The van der Waals surface area contributed by atoms with E-state index in [-0.39, 0.29) is 12.0 Å². The molecular weight excluding hydrogens is 324 g/mol. The summed E-state index contributed by atoms with van der Waals surface area (Å²) in [4.78, 5) is 16.3. The average Bonchev–Trinajstić information content (AvgIpc) is 3.14. The Labute approximate surface area is 146 Å². The van der Waals surface area contributed by atoms with Gasteiger partial charge in [0.2, 0.25) is 5.91 Å². The molecule has 0 spiro atoms. The minimum atomic E-state index is -0.0343. The Morgan fingerprint density at radius 2 is 2.29 bits per heavy atom. The number of aryl methyl sites for hydroxylation is 1. The quantitative estimate of drug-likeness (QED) is 0.831. The van der Waals surface area contributed by atoms with Crippen LogP contribution in [0.3, 0.4) is 0 Å². The fourth-order valence-corrected chi connectivity index (χ4v) is 3.23. The Morgan fingerprint density at radius 1 is 1.38 bits per heavy atom. The first-order valence-electron chi connectivity index (χ1n) is 8.31. The Balaban J connectivity index is 1.51. The maximum Gasteiger partial charge on any atom is 0.224 e. The lowest BCUT2D eigenvalue weighted by Gasteiger charge is -2.23.